The normalized spacial score (nSPS) is 10.2. The van der Waals surface area contributed by atoms with Crippen molar-refractivity contribution in [3.8, 4) is 0 Å². The zero-order valence-corrected chi connectivity index (χ0v) is 10.3. The van der Waals surface area contributed by atoms with Crippen LogP contribution in [0.25, 0.3) is 0 Å². The van der Waals surface area contributed by atoms with Crippen molar-refractivity contribution in [2.45, 2.75) is 13.5 Å². The highest BCUT2D eigenvalue weighted by Crippen LogP contribution is 2.18. The van der Waals surface area contributed by atoms with Gasteiger partial charge in [0.1, 0.15) is 0 Å². The minimum absolute atomic E-state index is 0.358. The second kappa shape index (κ2) is 5.01. The second-order valence-electron chi connectivity index (χ2n) is 3.78. The molecule has 0 aliphatic heterocycles. The summed E-state index contributed by atoms with van der Waals surface area (Å²) in [4.78, 5) is 11.7. The van der Waals surface area contributed by atoms with Crippen LogP contribution in [0.15, 0.2) is 35.7 Å². The second-order valence-corrected chi connectivity index (χ2v) is 4.77. The van der Waals surface area contributed by atoms with Crippen LogP contribution in [0, 0.1) is 6.92 Å². The number of carbonyl (C=O) groups is 1. The van der Waals surface area contributed by atoms with Crippen LogP contribution < -0.4 is 5.32 Å². The number of rotatable bonds is 4. The standard InChI is InChI=1S/C13H13NO2S/c1-9-4-2-3-5-12(9)14-7-11-6-10(8-17-11)13(15)16/h2-6,8,14H,7H2,1H3,(H,15,16). The number of para-hydroxylation sites is 1. The third-order valence-electron chi connectivity index (χ3n) is 2.50. The molecule has 4 heteroatoms. The van der Waals surface area contributed by atoms with Crippen LogP contribution in [0.5, 0.6) is 0 Å². The molecular formula is C13H13NO2S. The van der Waals surface area contributed by atoms with Gasteiger partial charge in [-0.05, 0) is 24.6 Å². The number of carboxylic acid groups (broad SMARTS) is 1. The molecule has 2 rings (SSSR count). The molecule has 2 N–H and O–H groups in total. The first-order valence-corrected chi connectivity index (χ1v) is 6.15. The molecule has 17 heavy (non-hydrogen) atoms. The van der Waals surface area contributed by atoms with Gasteiger partial charge in [0.05, 0.1) is 5.56 Å². The Morgan fingerprint density at radius 1 is 1.41 bits per heavy atom. The van der Waals surface area contributed by atoms with Crippen LogP contribution in [0.2, 0.25) is 0 Å². The van der Waals surface area contributed by atoms with Crippen molar-refractivity contribution in [1.29, 1.82) is 0 Å². The highest BCUT2D eigenvalue weighted by Gasteiger charge is 2.06. The van der Waals surface area contributed by atoms with E-state index in [9.17, 15) is 4.79 Å². The van der Waals surface area contributed by atoms with Gasteiger partial charge in [-0.3, -0.25) is 0 Å². The van der Waals surface area contributed by atoms with Gasteiger partial charge in [-0.15, -0.1) is 11.3 Å². The van der Waals surface area contributed by atoms with E-state index in [0.717, 1.165) is 10.6 Å². The van der Waals surface area contributed by atoms with Gasteiger partial charge in [-0.25, -0.2) is 4.79 Å². The van der Waals surface area contributed by atoms with E-state index in [1.54, 1.807) is 11.4 Å². The predicted molar refractivity (Wildman–Crippen MR) is 69.8 cm³/mol. The van der Waals surface area contributed by atoms with E-state index in [1.165, 1.54) is 16.9 Å². The number of anilines is 1. The van der Waals surface area contributed by atoms with Crippen molar-refractivity contribution in [3.05, 3.63) is 51.7 Å². The monoisotopic (exact) mass is 247 g/mol. The van der Waals surface area contributed by atoms with E-state index in [2.05, 4.69) is 5.32 Å². The summed E-state index contributed by atoms with van der Waals surface area (Å²) in [6, 6.07) is 9.74. The first-order chi connectivity index (χ1) is 8.16. The summed E-state index contributed by atoms with van der Waals surface area (Å²) in [5.41, 5.74) is 2.62. The number of aromatic carboxylic acids is 1. The molecule has 0 saturated carbocycles. The van der Waals surface area contributed by atoms with E-state index in [0.29, 0.717) is 12.1 Å². The number of hydrogen-bond donors (Lipinski definition) is 2. The quantitative estimate of drug-likeness (QED) is 0.871. The summed E-state index contributed by atoms with van der Waals surface area (Å²) < 4.78 is 0. The fourth-order valence-corrected chi connectivity index (χ4v) is 2.34. The lowest BCUT2D eigenvalue weighted by Crippen LogP contribution is -1.99. The first-order valence-electron chi connectivity index (χ1n) is 5.27. The number of aryl methyl sites for hydroxylation is 1. The Bertz CT molecular complexity index is 534. The van der Waals surface area contributed by atoms with Crippen LogP contribution in [0.4, 0.5) is 5.69 Å². The molecule has 0 atom stereocenters. The maximum atomic E-state index is 10.7. The Morgan fingerprint density at radius 2 is 2.18 bits per heavy atom. The van der Waals surface area contributed by atoms with Gasteiger partial charge in [0, 0.05) is 22.5 Å². The van der Waals surface area contributed by atoms with Crippen molar-refractivity contribution >= 4 is 23.0 Å². The number of carboxylic acids is 1. The molecule has 0 spiro atoms. The summed E-state index contributed by atoms with van der Waals surface area (Å²) in [5, 5.41) is 13.8. The van der Waals surface area contributed by atoms with Gasteiger partial charge >= 0.3 is 5.97 Å². The first kappa shape index (κ1) is 11.7. The van der Waals surface area contributed by atoms with E-state index >= 15 is 0 Å². The van der Waals surface area contributed by atoms with Gasteiger partial charge in [0.2, 0.25) is 0 Å². The molecule has 88 valence electrons. The van der Waals surface area contributed by atoms with Crippen molar-refractivity contribution < 1.29 is 9.90 Å². The summed E-state index contributed by atoms with van der Waals surface area (Å²) in [5.74, 6) is -0.872. The highest BCUT2D eigenvalue weighted by molar-refractivity contribution is 7.10. The number of thiophene rings is 1. The van der Waals surface area contributed by atoms with Crippen LogP contribution in [0.1, 0.15) is 20.8 Å². The lowest BCUT2D eigenvalue weighted by atomic mass is 10.2. The van der Waals surface area contributed by atoms with E-state index in [-0.39, 0.29) is 0 Å². The zero-order valence-electron chi connectivity index (χ0n) is 9.43. The average Bonchev–Trinajstić information content (AvgIpc) is 2.77. The summed E-state index contributed by atoms with van der Waals surface area (Å²) >= 11 is 1.46. The molecule has 0 aliphatic rings. The van der Waals surface area contributed by atoms with Crippen LogP contribution in [0.3, 0.4) is 0 Å². The summed E-state index contributed by atoms with van der Waals surface area (Å²) in [6.45, 7) is 2.70. The van der Waals surface area contributed by atoms with E-state index < -0.39 is 5.97 Å². The SMILES string of the molecule is Cc1ccccc1NCc1cc(C(=O)O)cs1. The lowest BCUT2D eigenvalue weighted by Gasteiger charge is -2.07. The maximum absolute atomic E-state index is 10.7. The molecule has 0 amide bonds. The third kappa shape index (κ3) is 2.85. The van der Waals surface area contributed by atoms with Gasteiger partial charge in [-0.1, -0.05) is 18.2 Å². The van der Waals surface area contributed by atoms with Crippen molar-refractivity contribution in [3.63, 3.8) is 0 Å². The predicted octanol–water partition coefficient (Wildman–Crippen LogP) is 3.37. The largest absolute Gasteiger partial charge is 0.478 e. The van der Waals surface area contributed by atoms with Gasteiger partial charge in [0.15, 0.2) is 0 Å². The Hall–Kier alpha value is -1.81. The average molecular weight is 247 g/mol. The number of benzene rings is 1. The van der Waals surface area contributed by atoms with Crippen molar-refractivity contribution in [1.82, 2.24) is 0 Å². The van der Waals surface area contributed by atoms with Gasteiger partial charge < -0.3 is 10.4 Å². The third-order valence-corrected chi connectivity index (χ3v) is 3.44. The minimum Gasteiger partial charge on any atom is -0.478 e. The number of nitrogens with one attached hydrogen (secondary N) is 1. The molecule has 0 bridgehead atoms. The Kier molecular flexibility index (Phi) is 3.44. The fourth-order valence-electron chi connectivity index (χ4n) is 1.54. The minimum atomic E-state index is -0.872. The van der Waals surface area contributed by atoms with Gasteiger partial charge in [-0.2, -0.15) is 0 Å². The lowest BCUT2D eigenvalue weighted by molar-refractivity contribution is 0.0697. The molecule has 0 radical (unpaired) electrons. The Labute approximate surface area is 104 Å². The zero-order chi connectivity index (χ0) is 12.3. The van der Waals surface area contributed by atoms with Gasteiger partial charge in [0.25, 0.3) is 0 Å². The van der Waals surface area contributed by atoms with Crippen molar-refractivity contribution in [2.24, 2.45) is 0 Å². The van der Waals surface area contributed by atoms with Crippen LogP contribution in [-0.2, 0) is 6.54 Å². The molecule has 1 heterocycles. The van der Waals surface area contributed by atoms with Crippen LogP contribution >= 0.6 is 11.3 Å². The summed E-state index contributed by atoms with van der Waals surface area (Å²) in [6.07, 6.45) is 0. The fraction of sp³-hybridized carbons (Fsp3) is 0.154. The maximum Gasteiger partial charge on any atom is 0.336 e. The molecule has 0 fully saturated rings. The molecule has 1 aromatic heterocycles. The molecule has 0 saturated heterocycles. The molecule has 1 aromatic carbocycles. The van der Waals surface area contributed by atoms with E-state index in [4.69, 9.17) is 5.11 Å². The topological polar surface area (TPSA) is 49.3 Å². The number of hydrogen-bond acceptors (Lipinski definition) is 3. The molecule has 3 nitrogen and oxygen atoms in total. The Balaban J connectivity index is 2.02. The molecule has 0 unspecified atom stereocenters. The molecule has 0 aliphatic carbocycles. The molecular weight excluding hydrogens is 234 g/mol. The van der Waals surface area contributed by atoms with E-state index in [1.807, 2.05) is 31.2 Å². The molecule has 2 aromatic rings. The van der Waals surface area contributed by atoms with Crippen molar-refractivity contribution in [2.75, 3.05) is 5.32 Å². The van der Waals surface area contributed by atoms with Crippen LogP contribution in [-0.4, -0.2) is 11.1 Å². The Morgan fingerprint density at radius 3 is 2.82 bits per heavy atom. The smallest absolute Gasteiger partial charge is 0.336 e. The summed E-state index contributed by atoms with van der Waals surface area (Å²) in [7, 11) is 0. The highest BCUT2D eigenvalue weighted by atomic mass is 32.1.